The molecule has 1 fully saturated rings. The lowest BCUT2D eigenvalue weighted by atomic mass is 9.84. The van der Waals surface area contributed by atoms with Crippen molar-refractivity contribution in [3.8, 4) is 0 Å². The van der Waals surface area contributed by atoms with Crippen LogP contribution in [0.25, 0.3) is 0 Å². The van der Waals surface area contributed by atoms with Gasteiger partial charge in [0.15, 0.2) is 0 Å². The topological polar surface area (TPSA) is 67.2 Å². The highest BCUT2D eigenvalue weighted by atomic mass is 19.3. The van der Waals surface area contributed by atoms with Gasteiger partial charge in [-0.05, 0) is 53.7 Å². The van der Waals surface area contributed by atoms with Crippen LogP contribution in [-0.4, -0.2) is 27.4 Å². The van der Waals surface area contributed by atoms with Crippen molar-refractivity contribution < 1.29 is 18.7 Å². The lowest BCUT2D eigenvalue weighted by Crippen LogP contribution is -2.18. The van der Waals surface area contributed by atoms with Crippen molar-refractivity contribution in [2.24, 2.45) is 18.9 Å². The Morgan fingerprint density at radius 1 is 1.37 bits per heavy atom. The Labute approximate surface area is 156 Å². The number of nitrogens with zero attached hydrogens (tertiary/aromatic N) is 2. The van der Waals surface area contributed by atoms with Gasteiger partial charge in [0, 0.05) is 25.5 Å². The minimum absolute atomic E-state index is 0.103. The summed E-state index contributed by atoms with van der Waals surface area (Å²) >= 11 is 0. The number of amides is 1. The molecular weight excluding hydrogens is 352 g/mol. The third-order valence-corrected chi connectivity index (χ3v) is 6.13. The van der Waals surface area contributed by atoms with Gasteiger partial charge in [-0.25, -0.2) is 8.78 Å². The van der Waals surface area contributed by atoms with Crippen LogP contribution < -0.4 is 5.32 Å². The van der Waals surface area contributed by atoms with Crippen LogP contribution in [0.4, 0.5) is 14.5 Å². The Hall–Kier alpha value is -2.28. The first kappa shape index (κ1) is 18.1. The first-order valence-electron chi connectivity index (χ1n) is 9.29. The van der Waals surface area contributed by atoms with E-state index in [1.54, 1.807) is 0 Å². The summed E-state index contributed by atoms with van der Waals surface area (Å²) in [6.45, 7) is 2.20. The van der Waals surface area contributed by atoms with Crippen LogP contribution in [0.1, 0.15) is 65.2 Å². The zero-order valence-corrected chi connectivity index (χ0v) is 15.3. The van der Waals surface area contributed by atoms with Gasteiger partial charge >= 0.3 is 0 Å². The van der Waals surface area contributed by atoms with Gasteiger partial charge in [0.1, 0.15) is 5.69 Å². The Bertz CT molecular complexity index is 880. The maximum Gasteiger partial charge on any atom is 0.282 e. The third kappa shape index (κ3) is 2.84. The number of aromatic nitrogens is 2. The predicted molar refractivity (Wildman–Crippen MR) is 97.0 cm³/mol. The smallest absolute Gasteiger partial charge is 0.282 e. The van der Waals surface area contributed by atoms with Crippen LogP contribution in [-0.2, 0) is 7.05 Å². The summed E-state index contributed by atoms with van der Waals surface area (Å²) in [5.41, 5.74) is 2.40. The number of alkyl halides is 2. The van der Waals surface area contributed by atoms with E-state index in [0.29, 0.717) is 17.5 Å². The third-order valence-electron chi connectivity index (χ3n) is 6.13. The average molecular weight is 375 g/mol. The van der Waals surface area contributed by atoms with Gasteiger partial charge in [-0.1, -0.05) is 19.1 Å². The van der Waals surface area contributed by atoms with Crippen molar-refractivity contribution >= 4 is 11.6 Å². The number of hydrogen-bond donors (Lipinski definition) is 2. The second kappa shape index (κ2) is 6.71. The Kier molecular flexibility index (Phi) is 4.50. The van der Waals surface area contributed by atoms with E-state index >= 15 is 0 Å². The molecule has 1 heterocycles. The number of carbonyl (C=O) groups is 1. The number of benzene rings is 1. The predicted octanol–water partition coefficient (Wildman–Crippen LogP) is 3.83. The number of anilines is 1. The first-order valence-corrected chi connectivity index (χ1v) is 9.29. The Morgan fingerprint density at radius 3 is 2.81 bits per heavy atom. The Balaban J connectivity index is 1.66. The molecule has 27 heavy (non-hydrogen) atoms. The van der Waals surface area contributed by atoms with Crippen molar-refractivity contribution in [2.45, 2.75) is 38.0 Å². The summed E-state index contributed by atoms with van der Waals surface area (Å²) in [4.78, 5) is 12.7. The average Bonchev–Trinajstić information content (AvgIpc) is 3.33. The fraction of sp³-hybridized carbons (Fsp3) is 0.500. The molecule has 1 aromatic carbocycles. The van der Waals surface area contributed by atoms with Gasteiger partial charge in [0.25, 0.3) is 12.3 Å². The minimum Gasteiger partial charge on any atom is -0.396 e. The van der Waals surface area contributed by atoms with Gasteiger partial charge < -0.3 is 10.4 Å². The van der Waals surface area contributed by atoms with E-state index in [1.807, 2.05) is 12.1 Å². The van der Waals surface area contributed by atoms with E-state index in [1.165, 1.54) is 23.5 Å². The van der Waals surface area contributed by atoms with Gasteiger partial charge in [-0.3, -0.25) is 9.48 Å². The number of aryl methyl sites for hydroxylation is 1. The van der Waals surface area contributed by atoms with Crippen LogP contribution in [0.3, 0.4) is 0 Å². The van der Waals surface area contributed by atoms with Crippen LogP contribution in [0.5, 0.6) is 0 Å². The molecule has 0 radical (unpaired) electrons. The maximum absolute atomic E-state index is 13.2. The molecule has 1 saturated carbocycles. The summed E-state index contributed by atoms with van der Waals surface area (Å²) < 4.78 is 27.6. The highest BCUT2D eigenvalue weighted by Gasteiger charge is 2.48. The molecule has 1 aromatic heterocycles. The van der Waals surface area contributed by atoms with Gasteiger partial charge in [-0.15, -0.1) is 0 Å². The van der Waals surface area contributed by atoms with Gasteiger partial charge in [0.05, 0.1) is 5.56 Å². The summed E-state index contributed by atoms with van der Waals surface area (Å²) in [5.74, 6) is 0.646. The molecule has 7 heteroatoms. The number of halogens is 2. The molecule has 4 atom stereocenters. The molecule has 144 valence electrons. The molecule has 5 nitrogen and oxygen atoms in total. The van der Waals surface area contributed by atoms with Crippen LogP contribution in [0, 0.1) is 11.8 Å². The highest BCUT2D eigenvalue weighted by molar-refractivity contribution is 6.05. The maximum atomic E-state index is 13.2. The van der Waals surface area contributed by atoms with Gasteiger partial charge in [-0.2, -0.15) is 5.10 Å². The molecule has 0 spiro atoms. The molecule has 2 aromatic rings. The molecule has 1 amide bonds. The fourth-order valence-corrected chi connectivity index (χ4v) is 5.10. The molecule has 0 aliphatic heterocycles. The molecule has 2 aliphatic rings. The second-order valence-electron chi connectivity index (χ2n) is 7.69. The monoisotopic (exact) mass is 375 g/mol. The van der Waals surface area contributed by atoms with Crippen molar-refractivity contribution in [2.75, 3.05) is 11.9 Å². The van der Waals surface area contributed by atoms with Crippen molar-refractivity contribution in [1.29, 1.82) is 0 Å². The van der Waals surface area contributed by atoms with Crippen LogP contribution in [0.15, 0.2) is 24.4 Å². The van der Waals surface area contributed by atoms with E-state index in [2.05, 4.69) is 23.4 Å². The van der Waals surface area contributed by atoms with E-state index < -0.39 is 18.0 Å². The summed E-state index contributed by atoms with van der Waals surface area (Å²) in [5, 5.41) is 16.2. The van der Waals surface area contributed by atoms with Crippen molar-refractivity contribution in [3.05, 3.63) is 46.8 Å². The zero-order valence-electron chi connectivity index (χ0n) is 15.3. The lowest BCUT2D eigenvalue weighted by molar-refractivity contribution is 0.101. The quantitative estimate of drug-likeness (QED) is 0.835. The van der Waals surface area contributed by atoms with Gasteiger partial charge in [0.2, 0.25) is 0 Å². The molecule has 2 N–H and O–H groups in total. The van der Waals surface area contributed by atoms with E-state index in [4.69, 9.17) is 0 Å². The molecule has 3 unspecified atom stereocenters. The van der Waals surface area contributed by atoms with Crippen molar-refractivity contribution in [1.82, 2.24) is 9.78 Å². The zero-order chi connectivity index (χ0) is 19.3. The number of rotatable bonds is 5. The first-order chi connectivity index (χ1) is 12.9. The normalized spacial score (nSPS) is 24.3. The summed E-state index contributed by atoms with van der Waals surface area (Å²) in [6, 6.07) is 5.81. The minimum atomic E-state index is -2.81. The Morgan fingerprint density at radius 2 is 2.11 bits per heavy atom. The number of aliphatic hydroxyl groups is 1. The van der Waals surface area contributed by atoms with E-state index in [-0.39, 0.29) is 24.0 Å². The number of fused-ring (bicyclic) bond motifs is 5. The number of hydrogen-bond acceptors (Lipinski definition) is 3. The molecule has 2 aliphatic carbocycles. The highest BCUT2D eigenvalue weighted by Crippen LogP contribution is 2.61. The lowest BCUT2D eigenvalue weighted by Gasteiger charge is -2.22. The molecular formula is C20H23F2N3O2. The number of nitrogens with one attached hydrogen (secondary N) is 1. The van der Waals surface area contributed by atoms with Crippen LogP contribution >= 0.6 is 0 Å². The summed E-state index contributed by atoms with van der Waals surface area (Å²) in [7, 11) is 1.52. The van der Waals surface area contributed by atoms with E-state index in [9.17, 15) is 18.7 Å². The standard InChI is InChI=1S/C20H23F2N3O2/c1-10(9-26)16-12-6-7-13(16)17-11(12)4-3-5-15(17)23-20(27)14-8-25(2)24-18(14)19(21)22/h3-5,8,10,12-13,16,19,26H,6-7,9H2,1-2H3,(H,23,27)/t10-,12?,13?,16?/m1/s1. The largest absolute Gasteiger partial charge is 0.396 e. The summed E-state index contributed by atoms with van der Waals surface area (Å²) in [6.07, 6.45) is 0.624. The fourth-order valence-electron chi connectivity index (χ4n) is 5.10. The van der Waals surface area contributed by atoms with E-state index in [0.717, 1.165) is 18.4 Å². The second-order valence-corrected chi connectivity index (χ2v) is 7.69. The molecule has 2 bridgehead atoms. The van der Waals surface area contributed by atoms with Crippen molar-refractivity contribution in [3.63, 3.8) is 0 Å². The number of aliphatic hydroxyl groups excluding tert-OH is 1. The molecule has 4 rings (SSSR count). The van der Waals surface area contributed by atoms with Crippen LogP contribution in [0.2, 0.25) is 0 Å². The number of carbonyl (C=O) groups excluding carboxylic acids is 1. The SMILES string of the molecule is C[C@H](CO)C1C2CCC1c1c(NC(=O)c3cn(C)nc3C(F)F)cccc12. The molecule has 0 saturated heterocycles.